The summed E-state index contributed by atoms with van der Waals surface area (Å²) in [4.78, 5) is 0. The maximum absolute atomic E-state index is 6.12. The van der Waals surface area contributed by atoms with Gasteiger partial charge >= 0.3 is 0 Å². The molecule has 0 saturated heterocycles. The fraction of sp³-hybridized carbons (Fsp3) is 0.700. The third kappa shape index (κ3) is 2.95. The molecule has 3 N–H and O–H groups in total. The molecule has 16 heavy (non-hydrogen) atoms. The molecule has 0 saturated carbocycles. The number of aromatic nitrogens is 2. The highest BCUT2D eigenvalue weighted by Gasteiger charge is 2.22. The summed E-state index contributed by atoms with van der Waals surface area (Å²) in [5, 5.41) is 4.85. The normalized spacial score (nSPS) is 13.4. The van der Waals surface area contributed by atoms with Crippen LogP contribution in [-0.4, -0.2) is 23.5 Å². The van der Waals surface area contributed by atoms with E-state index in [4.69, 9.17) is 22.2 Å². The molecule has 0 fully saturated rings. The second-order valence-corrected chi connectivity index (χ2v) is 4.39. The highest BCUT2D eigenvalue weighted by atomic mass is 35.5. The standard InChI is InChI=1S/C10H19ClN4O/c1-7(2)9(14-12)10-8(11)6-13-15(10)4-5-16-3/h6-7,9,14H,4-5,12H2,1-3H3. The van der Waals surface area contributed by atoms with E-state index in [1.165, 1.54) is 0 Å². The van der Waals surface area contributed by atoms with Crippen molar-refractivity contribution in [2.45, 2.75) is 26.4 Å². The molecule has 0 aliphatic rings. The first-order valence-electron chi connectivity index (χ1n) is 5.28. The van der Waals surface area contributed by atoms with Gasteiger partial charge in [-0.1, -0.05) is 25.4 Å². The second kappa shape index (κ2) is 6.20. The van der Waals surface area contributed by atoms with Crippen molar-refractivity contribution in [3.63, 3.8) is 0 Å². The lowest BCUT2D eigenvalue weighted by atomic mass is 10.0. The van der Waals surface area contributed by atoms with E-state index in [1.54, 1.807) is 13.3 Å². The first-order valence-corrected chi connectivity index (χ1v) is 5.65. The Morgan fingerprint density at radius 3 is 2.81 bits per heavy atom. The van der Waals surface area contributed by atoms with Crippen molar-refractivity contribution in [2.24, 2.45) is 11.8 Å². The van der Waals surface area contributed by atoms with Crippen molar-refractivity contribution in [1.82, 2.24) is 15.2 Å². The first kappa shape index (κ1) is 13.4. The SMILES string of the molecule is COCCn1ncc(Cl)c1C(NN)C(C)C. The number of hydrazine groups is 1. The number of nitrogens with zero attached hydrogens (tertiary/aromatic N) is 2. The van der Waals surface area contributed by atoms with Crippen molar-refractivity contribution in [2.75, 3.05) is 13.7 Å². The van der Waals surface area contributed by atoms with Gasteiger partial charge in [-0.05, 0) is 5.92 Å². The van der Waals surface area contributed by atoms with Crippen LogP contribution < -0.4 is 11.3 Å². The van der Waals surface area contributed by atoms with E-state index < -0.39 is 0 Å². The Morgan fingerprint density at radius 2 is 2.31 bits per heavy atom. The van der Waals surface area contributed by atoms with Gasteiger partial charge in [-0.3, -0.25) is 16.0 Å². The zero-order valence-corrected chi connectivity index (χ0v) is 10.7. The molecule has 0 aliphatic carbocycles. The van der Waals surface area contributed by atoms with E-state index >= 15 is 0 Å². The van der Waals surface area contributed by atoms with E-state index in [0.29, 0.717) is 24.1 Å². The number of hydrogen-bond donors (Lipinski definition) is 2. The van der Waals surface area contributed by atoms with Crippen LogP contribution >= 0.6 is 11.6 Å². The molecule has 5 nitrogen and oxygen atoms in total. The van der Waals surface area contributed by atoms with Crippen LogP contribution in [0.3, 0.4) is 0 Å². The van der Waals surface area contributed by atoms with Crippen LogP contribution in [0.15, 0.2) is 6.20 Å². The highest BCUT2D eigenvalue weighted by molar-refractivity contribution is 6.31. The molecule has 6 heteroatoms. The lowest BCUT2D eigenvalue weighted by Gasteiger charge is -2.21. The maximum atomic E-state index is 6.12. The Hall–Kier alpha value is -0.620. The maximum Gasteiger partial charge on any atom is 0.0834 e. The van der Waals surface area contributed by atoms with Crippen LogP contribution in [0.25, 0.3) is 0 Å². The zero-order valence-electron chi connectivity index (χ0n) is 9.90. The van der Waals surface area contributed by atoms with Crippen LogP contribution in [0.2, 0.25) is 5.02 Å². The molecule has 0 aliphatic heterocycles. The summed E-state index contributed by atoms with van der Waals surface area (Å²) in [7, 11) is 1.66. The Labute approximate surface area is 101 Å². The summed E-state index contributed by atoms with van der Waals surface area (Å²) in [6.45, 7) is 5.42. The summed E-state index contributed by atoms with van der Waals surface area (Å²) in [6.07, 6.45) is 1.64. The fourth-order valence-corrected chi connectivity index (χ4v) is 1.88. The third-order valence-corrected chi connectivity index (χ3v) is 2.77. The van der Waals surface area contributed by atoms with Gasteiger partial charge in [0.05, 0.1) is 36.1 Å². The Bertz CT molecular complexity index is 327. The van der Waals surface area contributed by atoms with Crippen molar-refractivity contribution in [3.05, 3.63) is 16.9 Å². The van der Waals surface area contributed by atoms with Crippen molar-refractivity contribution in [3.8, 4) is 0 Å². The lowest BCUT2D eigenvalue weighted by molar-refractivity contribution is 0.181. The van der Waals surface area contributed by atoms with Crippen LogP contribution in [0.4, 0.5) is 0 Å². The fourth-order valence-electron chi connectivity index (χ4n) is 1.62. The minimum Gasteiger partial charge on any atom is -0.383 e. The molecule has 92 valence electrons. The zero-order chi connectivity index (χ0) is 12.1. The molecule has 0 amide bonds. The van der Waals surface area contributed by atoms with Crippen molar-refractivity contribution >= 4 is 11.6 Å². The van der Waals surface area contributed by atoms with Gasteiger partial charge in [-0.15, -0.1) is 0 Å². The van der Waals surface area contributed by atoms with Crippen LogP contribution in [0.5, 0.6) is 0 Å². The number of halogens is 1. The second-order valence-electron chi connectivity index (χ2n) is 3.98. The van der Waals surface area contributed by atoms with Gasteiger partial charge in [-0.2, -0.15) is 5.10 Å². The topological polar surface area (TPSA) is 65.1 Å². The Morgan fingerprint density at radius 1 is 1.62 bits per heavy atom. The summed E-state index contributed by atoms with van der Waals surface area (Å²) in [5.74, 6) is 5.88. The number of hydrogen-bond acceptors (Lipinski definition) is 4. The number of rotatable bonds is 6. The van der Waals surface area contributed by atoms with Crippen LogP contribution in [0, 0.1) is 5.92 Å². The smallest absolute Gasteiger partial charge is 0.0834 e. The summed E-state index contributed by atoms with van der Waals surface area (Å²) >= 11 is 6.12. The molecule has 1 unspecified atom stereocenters. The monoisotopic (exact) mass is 246 g/mol. The molecule has 1 atom stereocenters. The van der Waals surface area contributed by atoms with Crippen LogP contribution in [0.1, 0.15) is 25.6 Å². The molecule has 0 radical (unpaired) electrons. The van der Waals surface area contributed by atoms with Gasteiger partial charge in [0.25, 0.3) is 0 Å². The van der Waals surface area contributed by atoms with Gasteiger partial charge in [0, 0.05) is 7.11 Å². The first-order chi connectivity index (χ1) is 7.61. The predicted octanol–water partition coefficient (Wildman–Crippen LogP) is 1.34. The quantitative estimate of drug-likeness (QED) is 0.587. The minimum absolute atomic E-state index is 0.00754. The molecular weight excluding hydrogens is 228 g/mol. The molecule has 1 rings (SSSR count). The average molecular weight is 247 g/mol. The summed E-state index contributed by atoms with van der Waals surface area (Å²) in [6, 6.07) is -0.00754. The minimum atomic E-state index is -0.00754. The van der Waals surface area contributed by atoms with E-state index in [1.807, 2.05) is 4.68 Å². The lowest BCUT2D eigenvalue weighted by Crippen LogP contribution is -2.33. The summed E-state index contributed by atoms with van der Waals surface area (Å²) in [5.41, 5.74) is 3.69. The molecule has 1 aromatic heterocycles. The number of nitrogens with two attached hydrogens (primary N) is 1. The summed E-state index contributed by atoms with van der Waals surface area (Å²) < 4.78 is 6.86. The molecule has 0 aromatic carbocycles. The van der Waals surface area contributed by atoms with E-state index in [-0.39, 0.29) is 6.04 Å². The molecule has 0 spiro atoms. The van der Waals surface area contributed by atoms with Gasteiger partial charge < -0.3 is 4.74 Å². The van der Waals surface area contributed by atoms with E-state index in [0.717, 1.165) is 5.69 Å². The van der Waals surface area contributed by atoms with E-state index in [2.05, 4.69) is 24.4 Å². The number of methoxy groups -OCH3 is 1. The van der Waals surface area contributed by atoms with Gasteiger partial charge in [0.15, 0.2) is 0 Å². The van der Waals surface area contributed by atoms with Gasteiger partial charge in [-0.25, -0.2) is 0 Å². The largest absolute Gasteiger partial charge is 0.383 e. The van der Waals surface area contributed by atoms with Gasteiger partial charge in [0.1, 0.15) is 0 Å². The van der Waals surface area contributed by atoms with E-state index in [9.17, 15) is 0 Å². The average Bonchev–Trinajstić information content (AvgIpc) is 2.59. The highest BCUT2D eigenvalue weighted by Crippen LogP contribution is 2.27. The molecular formula is C10H19ClN4O. The third-order valence-electron chi connectivity index (χ3n) is 2.48. The molecule has 1 heterocycles. The van der Waals surface area contributed by atoms with Crippen molar-refractivity contribution < 1.29 is 4.74 Å². The predicted molar refractivity (Wildman–Crippen MR) is 64.0 cm³/mol. The molecule has 1 aromatic rings. The number of nitrogens with one attached hydrogen (secondary N) is 1. The number of ether oxygens (including phenoxy) is 1. The Kier molecular flexibility index (Phi) is 5.21. The van der Waals surface area contributed by atoms with Crippen molar-refractivity contribution in [1.29, 1.82) is 0 Å². The van der Waals surface area contributed by atoms with Gasteiger partial charge in [0.2, 0.25) is 0 Å². The molecule has 0 bridgehead atoms. The Balaban J connectivity index is 2.94. The van der Waals surface area contributed by atoms with Crippen LogP contribution in [-0.2, 0) is 11.3 Å².